The summed E-state index contributed by atoms with van der Waals surface area (Å²) in [4.78, 5) is 0. The highest BCUT2D eigenvalue weighted by molar-refractivity contribution is 9.10. The Hall–Kier alpha value is -0.380. The van der Waals surface area contributed by atoms with Gasteiger partial charge in [0.2, 0.25) is 0 Å². The van der Waals surface area contributed by atoms with Crippen LogP contribution in [0.1, 0.15) is 30.9 Å². The van der Waals surface area contributed by atoms with Gasteiger partial charge in [0.05, 0.1) is 0 Å². The summed E-state index contributed by atoms with van der Waals surface area (Å²) in [6, 6.07) is 6.46. The second-order valence-corrected chi connectivity index (χ2v) is 5.54. The van der Waals surface area contributed by atoms with Gasteiger partial charge in [-0.25, -0.2) is 0 Å². The van der Waals surface area contributed by atoms with Crippen LogP contribution in [0.25, 0.3) is 0 Å². The van der Waals surface area contributed by atoms with Crippen molar-refractivity contribution >= 4 is 15.9 Å². The number of hydrogen-bond donors (Lipinski definition) is 2. The van der Waals surface area contributed by atoms with E-state index in [1.165, 1.54) is 15.6 Å². The molecule has 0 aromatic heterocycles. The molecule has 2 nitrogen and oxygen atoms in total. The fourth-order valence-corrected chi connectivity index (χ4v) is 2.07. The molecule has 0 bridgehead atoms. The maximum absolute atomic E-state index is 8.90. The van der Waals surface area contributed by atoms with Crippen LogP contribution in [0.15, 0.2) is 22.7 Å². The monoisotopic (exact) mass is 299 g/mol. The second kappa shape index (κ2) is 7.85. The first-order valence-electron chi connectivity index (χ1n) is 6.20. The summed E-state index contributed by atoms with van der Waals surface area (Å²) >= 11 is 3.54. The van der Waals surface area contributed by atoms with Gasteiger partial charge in [0.15, 0.2) is 0 Å². The molecular weight excluding hydrogens is 278 g/mol. The van der Waals surface area contributed by atoms with Gasteiger partial charge in [-0.15, -0.1) is 0 Å². The predicted octanol–water partition coefficient (Wildman–Crippen LogP) is 3.26. The van der Waals surface area contributed by atoms with Crippen LogP contribution in [0.5, 0.6) is 0 Å². The number of hydrogen-bond acceptors (Lipinski definition) is 2. The maximum Gasteiger partial charge on any atom is 0.0456 e. The molecule has 1 atom stereocenters. The zero-order chi connectivity index (χ0) is 12.7. The summed E-state index contributed by atoms with van der Waals surface area (Å²) in [7, 11) is 0. The molecule has 1 aromatic carbocycles. The molecule has 3 heteroatoms. The smallest absolute Gasteiger partial charge is 0.0456 e. The molecule has 0 aliphatic rings. The van der Waals surface area contributed by atoms with Crippen molar-refractivity contribution in [2.45, 2.75) is 33.2 Å². The lowest BCUT2D eigenvalue weighted by molar-refractivity contribution is 0.228. The van der Waals surface area contributed by atoms with E-state index in [0.717, 1.165) is 25.9 Å². The van der Waals surface area contributed by atoms with Gasteiger partial charge in [-0.1, -0.05) is 35.0 Å². The number of aliphatic hydroxyl groups is 1. The van der Waals surface area contributed by atoms with Crippen molar-refractivity contribution in [3.8, 4) is 0 Å². The Morgan fingerprint density at radius 2 is 2.18 bits per heavy atom. The molecule has 0 fully saturated rings. The summed E-state index contributed by atoms with van der Waals surface area (Å²) in [6.07, 6.45) is 2.20. The molecule has 1 unspecified atom stereocenters. The van der Waals surface area contributed by atoms with Gasteiger partial charge in [-0.2, -0.15) is 0 Å². The van der Waals surface area contributed by atoms with Gasteiger partial charge in [0, 0.05) is 17.6 Å². The van der Waals surface area contributed by atoms with Crippen LogP contribution in [0, 0.1) is 12.8 Å². The molecule has 17 heavy (non-hydrogen) atoms. The quantitative estimate of drug-likeness (QED) is 0.758. The molecule has 1 rings (SSSR count). The zero-order valence-electron chi connectivity index (χ0n) is 10.7. The molecule has 0 radical (unpaired) electrons. The van der Waals surface area contributed by atoms with Gasteiger partial charge in [0.25, 0.3) is 0 Å². The third-order valence-electron chi connectivity index (χ3n) is 2.93. The summed E-state index contributed by atoms with van der Waals surface area (Å²) in [5.41, 5.74) is 2.57. The van der Waals surface area contributed by atoms with Gasteiger partial charge < -0.3 is 10.4 Å². The maximum atomic E-state index is 8.90. The van der Waals surface area contributed by atoms with Crippen LogP contribution in [0.2, 0.25) is 0 Å². The lowest BCUT2D eigenvalue weighted by atomic mass is 10.1. The minimum atomic E-state index is 0.297. The first kappa shape index (κ1) is 14.7. The van der Waals surface area contributed by atoms with Crippen molar-refractivity contribution in [1.82, 2.24) is 5.32 Å². The average molecular weight is 300 g/mol. The van der Waals surface area contributed by atoms with Crippen molar-refractivity contribution in [2.75, 3.05) is 13.2 Å². The standard InChI is InChI=1S/C14H22BrNO/c1-11(10-17)4-3-7-16-9-13-6-5-12(2)14(15)8-13/h5-6,8,11,16-17H,3-4,7,9-10H2,1-2H3. The van der Waals surface area contributed by atoms with E-state index in [9.17, 15) is 0 Å². The van der Waals surface area contributed by atoms with E-state index < -0.39 is 0 Å². The SMILES string of the molecule is Cc1ccc(CNCCCC(C)CO)cc1Br. The summed E-state index contributed by atoms with van der Waals surface area (Å²) in [5, 5.41) is 12.3. The van der Waals surface area contributed by atoms with E-state index in [1.807, 2.05) is 0 Å². The van der Waals surface area contributed by atoms with Crippen molar-refractivity contribution < 1.29 is 5.11 Å². The summed E-state index contributed by atoms with van der Waals surface area (Å²) < 4.78 is 1.17. The number of aryl methyl sites for hydroxylation is 1. The van der Waals surface area contributed by atoms with Crippen LogP contribution >= 0.6 is 15.9 Å². The fourth-order valence-electron chi connectivity index (χ4n) is 1.65. The Balaban J connectivity index is 2.20. The Bertz CT molecular complexity index is 341. The molecule has 0 aliphatic carbocycles. The highest BCUT2D eigenvalue weighted by Crippen LogP contribution is 2.17. The minimum absolute atomic E-state index is 0.297. The highest BCUT2D eigenvalue weighted by atomic mass is 79.9. The molecule has 0 saturated heterocycles. The normalized spacial score (nSPS) is 12.7. The minimum Gasteiger partial charge on any atom is -0.396 e. The van der Waals surface area contributed by atoms with E-state index in [4.69, 9.17) is 5.11 Å². The molecule has 0 aliphatic heterocycles. The van der Waals surface area contributed by atoms with E-state index in [1.54, 1.807) is 0 Å². The van der Waals surface area contributed by atoms with E-state index in [2.05, 4.69) is 53.3 Å². The van der Waals surface area contributed by atoms with Gasteiger partial charge in [-0.05, 0) is 49.4 Å². The third kappa shape index (κ3) is 5.66. The third-order valence-corrected chi connectivity index (χ3v) is 3.78. The molecule has 0 spiro atoms. The van der Waals surface area contributed by atoms with Gasteiger partial charge in [0.1, 0.15) is 0 Å². The fraction of sp³-hybridized carbons (Fsp3) is 0.571. The topological polar surface area (TPSA) is 32.3 Å². The van der Waals surface area contributed by atoms with Gasteiger partial charge >= 0.3 is 0 Å². The largest absolute Gasteiger partial charge is 0.396 e. The van der Waals surface area contributed by atoms with Crippen LogP contribution in [0.4, 0.5) is 0 Å². The first-order valence-corrected chi connectivity index (χ1v) is 6.99. The lowest BCUT2D eigenvalue weighted by Gasteiger charge is -2.09. The summed E-state index contributed by atoms with van der Waals surface area (Å²) in [5.74, 6) is 0.422. The molecule has 0 heterocycles. The average Bonchev–Trinajstić information content (AvgIpc) is 2.33. The van der Waals surface area contributed by atoms with Crippen molar-refractivity contribution in [3.63, 3.8) is 0 Å². The van der Waals surface area contributed by atoms with Crippen molar-refractivity contribution in [1.29, 1.82) is 0 Å². The molecule has 1 aromatic rings. The van der Waals surface area contributed by atoms with Crippen molar-refractivity contribution in [2.24, 2.45) is 5.92 Å². The number of benzene rings is 1. The number of aliphatic hydroxyl groups excluding tert-OH is 1. The zero-order valence-corrected chi connectivity index (χ0v) is 12.3. The lowest BCUT2D eigenvalue weighted by Crippen LogP contribution is -2.16. The number of halogens is 1. The second-order valence-electron chi connectivity index (χ2n) is 4.69. The Kier molecular flexibility index (Phi) is 6.78. The Labute approximate surface area is 113 Å². The molecule has 0 saturated carbocycles. The van der Waals surface area contributed by atoms with E-state index in [0.29, 0.717) is 12.5 Å². The first-order chi connectivity index (χ1) is 8.13. The molecule has 96 valence electrons. The molecule has 0 amide bonds. The number of rotatable bonds is 7. The Morgan fingerprint density at radius 1 is 1.41 bits per heavy atom. The summed E-state index contributed by atoms with van der Waals surface area (Å²) in [6.45, 7) is 6.39. The molecular formula is C14H22BrNO. The van der Waals surface area contributed by atoms with E-state index >= 15 is 0 Å². The van der Waals surface area contributed by atoms with Crippen molar-refractivity contribution in [3.05, 3.63) is 33.8 Å². The predicted molar refractivity (Wildman–Crippen MR) is 76.1 cm³/mol. The molecule has 2 N–H and O–H groups in total. The van der Waals surface area contributed by atoms with Crippen LogP contribution in [-0.2, 0) is 6.54 Å². The van der Waals surface area contributed by atoms with Crippen LogP contribution < -0.4 is 5.32 Å². The number of nitrogens with one attached hydrogen (secondary N) is 1. The van der Waals surface area contributed by atoms with Crippen LogP contribution in [0.3, 0.4) is 0 Å². The highest BCUT2D eigenvalue weighted by Gasteiger charge is 2.00. The Morgan fingerprint density at radius 3 is 2.82 bits per heavy atom. The van der Waals surface area contributed by atoms with Crippen LogP contribution in [-0.4, -0.2) is 18.3 Å². The van der Waals surface area contributed by atoms with Gasteiger partial charge in [-0.3, -0.25) is 0 Å². The van der Waals surface area contributed by atoms with E-state index in [-0.39, 0.29) is 0 Å².